The van der Waals surface area contributed by atoms with Gasteiger partial charge in [-0.05, 0) is 56.5 Å². The lowest BCUT2D eigenvalue weighted by molar-refractivity contribution is 0.206. The molecule has 1 N–H and O–H groups in total. The van der Waals surface area contributed by atoms with Crippen LogP contribution in [0.3, 0.4) is 0 Å². The summed E-state index contributed by atoms with van der Waals surface area (Å²) in [6.45, 7) is 6.53. The van der Waals surface area contributed by atoms with E-state index >= 15 is 0 Å². The van der Waals surface area contributed by atoms with E-state index in [4.69, 9.17) is 9.97 Å². The minimum atomic E-state index is -1.08. The third-order valence-electron chi connectivity index (χ3n) is 6.84. The fourth-order valence-corrected chi connectivity index (χ4v) is 5.10. The number of hydroxylamine groups is 1. The molecule has 3 heterocycles. The second-order valence-corrected chi connectivity index (χ2v) is 9.14. The van der Waals surface area contributed by atoms with Gasteiger partial charge in [-0.3, -0.25) is 15.0 Å². The Kier molecular flexibility index (Phi) is 6.50. The third-order valence-corrected chi connectivity index (χ3v) is 6.84. The van der Waals surface area contributed by atoms with Crippen LogP contribution in [-0.4, -0.2) is 41.3 Å². The van der Waals surface area contributed by atoms with Crippen LogP contribution in [0.25, 0.3) is 11.3 Å². The first kappa shape index (κ1) is 23.7. The summed E-state index contributed by atoms with van der Waals surface area (Å²) in [7, 11) is 0. The van der Waals surface area contributed by atoms with Crippen molar-refractivity contribution in [3.63, 3.8) is 0 Å². The Morgan fingerprint density at radius 1 is 1.09 bits per heavy atom. The number of nitrogens with zero attached hydrogens (tertiary/aromatic N) is 5. The molecule has 2 aromatic carbocycles. The number of hydrogen-bond acceptors (Lipinski definition) is 6. The molecule has 1 fully saturated rings. The Bertz CT molecular complexity index is 1230. The smallest absolute Gasteiger partial charge is 0.245 e. The lowest BCUT2D eigenvalue weighted by Crippen LogP contribution is -2.51. The molecule has 0 aliphatic carbocycles. The number of para-hydroxylation sites is 1. The number of hydrogen-bond donors (Lipinski definition) is 1. The van der Waals surface area contributed by atoms with Crippen molar-refractivity contribution in [1.82, 2.24) is 24.9 Å². The maximum atomic E-state index is 14.9. The van der Waals surface area contributed by atoms with E-state index in [2.05, 4.69) is 10.3 Å². The zero-order valence-corrected chi connectivity index (χ0v) is 20.1. The Morgan fingerprint density at radius 2 is 1.86 bits per heavy atom. The second kappa shape index (κ2) is 9.58. The quantitative estimate of drug-likeness (QED) is 0.402. The van der Waals surface area contributed by atoms with Gasteiger partial charge in [0, 0.05) is 37.8 Å². The lowest BCUT2D eigenvalue weighted by Gasteiger charge is -2.45. The zero-order valence-electron chi connectivity index (χ0n) is 20.1. The molecule has 2 aliphatic rings. The van der Waals surface area contributed by atoms with E-state index in [9.17, 15) is 14.0 Å². The number of fused-ring (bicyclic) bond motifs is 1. The van der Waals surface area contributed by atoms with Gasteiger partial charge in [0.05, 0.1) is 11.3 Å². The number of rotatable bonds is 5. The first-order valence-corrected chi connectivity index (χ1v) is 12.2. The Balaban J connectivity index is 1.75. The first-order valence-electron chi connectivity index (χ1n) is 12.2. The van der Waals surface area contributed by atoms with Gasteiger partial charge in [0.2, 0.25) is 11.8 Å². The van der Waals surface area contributed by atoms with Crippen molar-refractivity contribution < 1.29 is 8.78 Å². The van der Waals surface area contributed by atoms with Crippen molar-refractivity contribution in [1.29, 1.82) is 0 Å². The van der Waals surface area contributed by atoms with Crippen molar-refractivity contribution in [3.8, 4) is 11.3 Å². The molecule has 1 unspecified atom stereocenters. The van der Waals surface area contributed by atoms with Gasteiger partial charge in [-0.1, -0.05) is 18.6 Å². The number of benzene rings is 2. The molecule has 1 atom stereocenters. The summed E-state index contributed by atoms with van der Waals surface area (Å²) in [4.78, 5) is 9.76. The maximum absolute atomic E-state index is 14.9. The molecule has 0 spiro atoms. The van der Waals surface area contributed by atoms with Crippen LogP contribution in [0.1, 0.15) is 37.3 Å². The third kappa shape index (κ3) is 4.29. The highest BCUT2D eigenvalue weighted by Crippen LogP contribution is 2.42. The van der Waals surface area contributed by atoms with E-state index in [0.717, 1.165) is 31.5 Å². The fraction of sp³-hybridized carbons (Fsp3) is 0.385. The fourth-order valence-electron chi connectivity index (χ4n) is 5.10. The van der Waals surface area contributed by atoms with Crippen LogP contribution in [0.5, 0.6) is 0 Å². The topological polar surface area (TPSA) is 67.3 Å². The van der Waals surface area contributed by atoms with E-state index in [1.54, 1.807) is 18.2 Å². The monoisotopic (exact) mass is 480 g/mol. The highest BCUT2D eigenvalue weighted by atomic mass is 19.1. The highest BCUT2D eigenvalue weighted by Gasteiger charge is 2.38. The summed E-state index contributed by atoms with van der Waals surface area (Å²) in [6, 6.07) is 10.6. The predicted molar refractivity (Wildman–Crippen MR) is 134 cm³/mol. The van der Waals surface area contributed by atoms with Crippen LogP contribution in [0.15, 0.2) is 42.5 Å². The van der Waals surface area contributed by atoms with Gasteiger partial charge < -0.3 is 5.21 Å². The highest BCUT2D eigenvalue weighted by molar-refractivity contribution is 5.75. The number of quaternary nitrogens is 1. The van der Waals surface area contributed by atoms with Gasteiger partial charge in [-0.25, -0.2) is 18.8 Å². The molecule has 5 rings (SSSR count). The number of hydrazine groups is 1. The minimum absolute atomic E-state index is 0.00611. The second-order valence-electron chi connectivity index (χ2n) is 9.14. The molecule has 0 saturated carbocycles. The van der Waals surface area contributed by atoms with Crippen LogP contribution in [0, 0.1) is 23.8 Å². The van der Waals surface area contributed by atoms with Gasteiger partial charge in [0.25, 0.3) is 0 Å². The van der Waals surface area contributed by atoms with E-state index in [1.807, 2.05) is 18.9 Å². The lowest BCUT2D eigenvalue weighted by atomic mass is 10.00. The van der Waals surface area contributed by atoms with Gasteiger partial charge in [0.15, 0.2) is 11.5 Å². The van der Waals surface area contributed by atoms with Gasteiger partial charge >= 0.3 is 0 Å². The zero-order chi connectivity index (χ0) is 24.6. The summed E-state index contributed by atoms with van der Waals surface area (Å²) in [5, 5.41) is 21.7. The van der Waals surface area contributed by atoms with Crippen LogP contribution in [-0.2, 0) is 6.54 Å². The molecule has 0 bridgehead atoms. The van der Waals surface area contributed by atoms with Crippen molar-refractivity contribution in [2.24, 2.45) is 0 Å². The molecule has 0 amide bonds. The molecule has 0 radical (unpaired) electrons. The maximum Gasteiger partial charge on any atom is 0.245 e. The molecular weight excluding hydrogens is 450 g/mol. The van der Waals surface area contributed by atoms with Crippen LogP contribution >= 0.6 is 0 Å². The number of aromatic nitrogens is 2. The Hall–Kier alpha value is -2.98. The average Bonchev–Trinajstić information content (AvgIpc) is 2.86. The number of aryl methyl sites for hydroxylation is 1. The largest absolute Gasteiger partial charge is 0.620 e. The SMILES string of the molecule is CCN(c1nc(-c2ccc(F)cc2C)c2c(n1)[N+]([O-])(c1ccccc1F)CNC2)N1CCCCC1. The minimum Gasteiger partial charge on any atom is -0.620 e. The summed E-state index contributed by atoms with van der Waals surface area (Å²) >= 11 is 0. The molecule has 3 aromatic rings. The van der Waals surface area contributed by atoms with Gasteiger partial charge in [0.1, 0.15) is 12.5 Å². The molecule has 35 heavy (non-hydrogen) atoms. The van der Waals surface area contributed by atoms with Crippen LogP contribution in [0.2, 0.25) is 0 Å². The van der Waals surface area contributed by atoms with Gasteiger partial charge in [-0.15, -0.1) is 0 Å². The molecule has 1 saturated heterocycles. The molecule has 1 aromatic heterocycles. The number of nitrogens with one attached hydrogen (secondary N) is 1. The van der Waals surface area contributed by atoms with Crippen molar-refractivity contribution in [2.75, 3.05) is 31.3 Å². The van der Waals surface area contributed by atoms with Crippen molar-refractivity contribution in [2.45, 2.75) is 39.7 Å². The normalized spacial score (nSPS) is 20.5. The summed E-state index contributed by atoms with van der Waals surface area (Å²) in [5.74, 6) is -0.298. The molecule has 9 heteroatoms. The summed E-state index contributed by atoms with van der Waals surface area (Å²) in [6.07, 6.45) is 3.33. The summed E-state index contributed by atoms with van der Waals surface area (Å²) < 4.78 is 27.8. The molecule has 7 nitrogen and oxygen atoms in total. The standard InChI is InChI=1S/C26H30F2N6O/c1-3-33(32-13-7-4-8-14-32)26-30-24(20-12-11-19(27)15-18(20)2)21-16-29-17-34(35,25(21)31-26)23-10-6-5-9-22(23)28/h5-6,9-12,15,29H,3-4,7-8,13-14,16-17H2,1-2H3. The molecule has 2 aliphatic heterocycles. The van der Waals surface area contributed by atoms with Crippen molar-refractivity contribution >= 4 is 17.5 Å². The first-order chi connectivity index (χ1) is 16.9. The van der Waals surface area contributed by atoms with Crippen LogP contribution in [0.4, 0.5) is 26.2 Å². The van der Waals surface area contributed by atoms with E-state index in [1.165, 1.54) is 30.7 Å². The molecular formula is C26H30F2N6O. The van der Waals surface area contributed by atoms with Crippen molar-refractivity contribution in [3.05, 3.63) is 70.4 Å². The number of piperidine rings is 1. The van der Waals surface area contributed by atoms with E-state index in [-0.39, 0.29) is 24.0 Å². The average molecular weight is 481 g/mol. The van der Waals surface area contributed by atoms with Gasteiger partial charge in [-0.2, -0.15) is 4.98 Å². The predicted octanol–water partition coefficient (Wildman–Crippen LogP) is 5.15. The van der Waals surface area contributed by atoms with E-state index < -0.39 is 10.5 Å². The summed E-state index contributed by atoms with van der Waals surface area (Å²) in [5.41, 5.74) is 2.60. The van der Waals surface area contributed by atoms with Crippen LogP contribution < -0.4 is 15.0 Å². The number of anilines is 1. The van der Waals surface area contributed by atoms with E-state index in [0.29, 0.717) is 35.9 Å². The Morgan fingerprint density at radius 3 is 2.57 bits per heavy atom. The Labute approximate surface area is 204 Å². The molecule has 184 valence electrons. The number of halogens is 2.